The quantitative estimate of drug-likeness (QED) is 0.788. The summed E-state index contributed by atoms with van der Waals surface area (Å²) in [7, 11) is 0. The van der Waals surface area contributed by atoms with Gasteiger partial charge in [-0.05, 0) is 55.3 Å². The van der Waals surface area contributed by atoms with Crippen molar-refractivity contribution in [3.63, 3.8) is 0 Å². The van der Waals surface area contributed by atoms with Gasteiger partial charge in [-0.15, -0.1) is 0 Å². The third-order valence-corrected chi connectivity index (χ3v) is 6.79. The van der Waals surface area contributed by atoms with E-state index in [0.717, 1.165) is 32.1 Å². The van der Waals surface area contributed by atoms with E-state index in [-0.39, 0.29) is 10.8 Å². The molecule has 2 fully saturated rings. The maximum absolute atomic E-state index is 11.8. The van der Waals surface area contributed by atoms with Gasteiger partial charge in [0.1, 0.15) is 0 Å². The van der Waals surface area contributed by atoms with E-state index in [1.165, 1.54) is 19.3 Å². The molecule has 2 aliphatic rings. The van der Waals surface area contributed by atoms with E-state index in [2.05, 4.69) is 34.6 Å². The summed E-state index contributed by atoms with van der Waals surface area (Å²) >= 11 is 0. The van der Waals surface area contributed by atoms with Crippen LogP contribution in [0.25, 0.3) is 0 Å². The highest BCUT2D eigenvalue weighted by Gasteiger charge is 2.58. The van der Waals surface area contributed by atoms with Crippen LogP contribution < -0.4 is 5.73 Å². The van der Waals surface area contributed by atoms with Gasteiger partial charge in [0.15, 0.2) is 0 Å². The molecular weight excluding hydrogens is 258 g/mol. The highest BCUT2D eigenvalue weighted by molar-refractivity contribution is 5.09. The number of aliphatic hydroxyl groups is 1. The number of hydrogen-bond acceptors (Lipinski definition) is 2. The molecule has 2 heteroatoms. The summed E-state index contributed by atoms with van der Waals surface area (Å²) in [6.07, 6.45) is 9.12. The Bertz CT molecular complexity index is 358. The van der Waals surface area contributed by atoms with Crippen molar-refractivity contribution in [3.8, 4) is 0 Å². The molecule has 0 saturated heterocycles. The summed E-state index contributed by atoms with van der Waals surface area (Å²) in [5.74, 6) is 0.378. The van der Waals surface area contributed by atoms with E-state index in [9.17, 15) is 5.11 Å². The number of rotatable bonds is 2. The topological polar surface area (TPSA) is 46.2 Å². The predicted octanol–water partition coefficient (Wildman–Crippen LogP) is 4.50. The lowest BCUT2D eigenvalue weighted by Crippen LogP contribution is -2.62. The largest absolute Gasteiger partial charge is 0.389 e. The van der Waals surface area contributed by atoms with Gasteiger partial charge in [0, 0.05) is 12.0 Å². The van der Waals surface area contributed by atoms with Gasteiger partial charge in [-0.3, -0.25) is 0 Å². The van der Waals surface area contributed by atoms with Crippen molar-refractivity contribution < 1.29 is 5.11 Å². The molecule has 0 spiro atoms. The SMILES string of the molecule is CC1(C)CCC(CN)(C2(O)CCCCC2C(C)(C)C)CC1. The van der Waals surface area contributed by atoms with Crippen LogP contribution in [0.3, 0.4) is 0 Å². The van der Waals surface area contributed by atoms with Crippen LogP contribution in [0, 0.1) is 22.2 Å². The van der Waals surface area contributed by atoms with Crippen LogP contribution in [-0.2, 0) is 0 Å². The van der Waals surface area contributed by atoms with Crippen LogP contribution >= 0.6 is 0 Å². The van der Waals surface area contributed by atoms with Gasteiger partial charge in [-0.2, -0.15) is 0 Å². The molecule has 0 aromatic carbocycles. The van der Waals surface area contributed by atoms with Crippen LogP contribution in [0.5, 0.6) is 0 Å². The molecule has 2 atom stereocenters. The van der Waals surface area contributed by atoms with Gasteiger partial charge in [-0.1, -0.05) is 47.5 Å². The van der Waals surface area contributed by atoms with E-state index >= 15 is 0 Å². The first-order valence-corrected chi connectivity index (χ1v) is 8.99. The molecule has 0 heterocycles. The molecule has 2 rings (SSSR count). The summed E-state index contributed by atoms with van der Waals surface area (Å²) in [6, 6.07) is 0. The molecule has 0 aromatic heterocycles. The molecule has 0 bridgehead atoms. The molecule has 3 N–H and O–H groups in total. The fourth-order valence-corrected chi connectivity index (χ4v) is 5.16. The first kappa shape index (κ1) is 17.3. The molecule has 2 nitrogen and oxygen atoms in total. The van der Waals surface area contributed by atoms with Crippen LogP contribution in [0.1, 0.15) is 86.0 Å². The lowest BCUT2D eigenvalue weighted by atomic mass is 9.49. The molecule has 2 saturated carbocycles. The van der Waals surface area contributed by atoms with Crippen molar-refractivity contribution in [2.24, 2.45) is 27.9 Å². The number of hydrogen-bond donors (Lipinski definition) is 2. The van der Waals surface area contributed by atoms with Crippen LogP contribution in [-0.4, -0.2) is 17.3 Å². The molecule has 0 aliphatic heterocycles. The predicted molar refractivity (Wildman–Crippen MR) is 90.1 cm³/mol. The van der Waals surface area contributed by atoms with E-state index in [0.29, 0.717) is 17.9 Å². The summed E-state index contributed by atoms with van der Waals surface area (Å²) in [5.41, 5.74) is 6.25. The fourth-order valence-electron chi connectivity index (χ4n) is 5.16. The van der Waals surface area contributed by atoms with E-state index in [1.807, 2.05) is 0 Å². The zero-order valence-electron chi connectivity index (χ0n) is 15.0. The van der Waals surface area contributed by atoms with Crippen molar-refractivity contribution in [1.82, 2.24) is 0 Å². The molecule has 2 aliphatic carbocycles. The van der Waals surface area contributed by atoms with Crippen molar-refractivity contribution in [2.75, 3.05) is 6.54 Å². The van der Waals surface area contributed by atoms with Gasteiger partial charge >= 0.3 is 0 Å². The normalized spacial score (nSPS) is 36.4. The molecule has 0 radical (unpaired) electrons. The lowest BCUT2D eigenvalue weighted by molar-refractivity contribution is -0.189. The third-order valence-electron chi connectivity index (χ3n) is 6.79. The van der Waals surface area contributed by atoms with Gasteiger partial charge in [0.2, 0.25) is 0 Å². The minimum absolute atomic E-state index is 0.0547. The first-order valence-electron chi connectivity index (χ1n) is 8.99. The van der Waals surface area contributed by atoms with Crippen LogP contribution in [0.2, 0.25) is 0 Å². The summed E-state index contributed by atoms with van der Waals surface area (Å²) in [6.45, 7) is 12.3. The Kier molecular flexibility index (Phi) is 4.55. The summed E-state index contributed by atoms with van der Waals surface area (Å²) in [4.78, 5) is 0. The minimum Gasteiger partial charge on any atom is -0.389 e. The Morgan fingerprint density at radius 1 is 1.00 bits per heavy atom. The average molecular weight is 296 g/mol. The van der Waals surface area contributed by atoms with Gasteiger partial charge in [0.05, 0.1) is 5.60 Å². The molecule has 0 amide bonds. The lowest BCUT2D eigenvalue weighted by Gasteiger charge is -2.59. The van der Waals surface area contributed by atoms with Gasteiger partial charge in [-0.25, -0.2) is 0 Å². The second-order valence-corrected chi connectivity index (χ2v) is 9.74. The zero-order valence-corrected chi connectivity index (χ0v) is 15.0. The van der Waals surface area contributed by atoms with Crippen molar-refractivity contribution >= 4 is 0 Å². The third kappa shape index (κ3) is 3.03. The van der Waals surface area contributed by atoms with Crippen molar-refractivity contribution in [2.45, 2.75) is 91.6 Å². The monoisotopic (exact) mass is 295 g/mol. The molecule has 0 aromatic rings. The zero-order chi connectivity index (χ0) is 15.9. The highest BCUT2D eigenvalue weighted by Crippen LogP contribution is 2.58. The second kappa shape index (κ2) is 5.53. The van der Waals surface area contributed by atoms with Crippen molar-refractivity contribution in [1.29, 1.82) is 0 Å². The minimum atomic E-state index is -0.561. The van der Waals surface area contributed by atoms with E-state index in [1.54, 1.807) is 0 Å². The maximum atomic E-state index is 11.8. The van der Waals surface area contributed by atoms with Gasteiger partial charge < -0.3 is 10.8 Å². The van der Waals surface area contributed by atoms with Crippen LogP contribution in [0.15, 0.2) is 0 Å². The van der Waals surface area contributed by atoms with E-state index < -0.39 is 5.60 Å². The van der Waals surface area contributed by atoms with Crippen molar-refractivity contribution in [3.05, 3.63) is 0 Å². The Morgan fingerprint density at radius 2 is 1.57 bits per heavy atom. The number of nitrogens with two attached hydrogens (primary N) is 1. The highest BCUT2D eigenvalue weighted by atomic mass is 16.3. The Balaban J connectivity index is 2.34. The maximum Gasteiger partial charge on any atom is 0.0748 e. The molecule has 124 valence electrons. The molecular formula is C19H37NO. The standard InChI is InChI=1S/C19H37NO/c1-16(2,3)15-8-6-7-9-19(15,21)18(14-20)12-10-17(4,5)11-13-18/h15,21H,6-14,20H2,1-5H3. The average Bonchev–Trinajstić information content (AvgIpc) is 2.38. The summed E-state index contributed by atoms with van der Waals surface area (Å²) in [5, 5.41) is 11.8. The van der Waals surface area contributed by atoms with Crippen LogP contribution in [0.4, 0.5) is 0 Å². The molecule has 2 unspecified atom stereocenters. The Morgan fingerprint density at radius 3 is 2.05 bits per heavy atom. The Labute approximate surface area is 131 Å². The smallest absolute Gasteiger partial charge is 0.0748 e. The van der Waals surface area contributed by atoms with Gasteiger partial charge in [0.25, 0.3) is 0 Å². The second-order valence-electron chi connectivity index (χ2n) is 9.74. The van der Waals surface area contributed by atoms with E-state index in [4.69, 9.17) is 5.73 Å². The Hall–Kier alpha value is -0.0800. The first-order chi connectivity index (χ1) is 9.56. The summed E-state index contributed by atoms with van der Waals surface area (Å²) < 4.78 is 0. The fraction of sp³-hybridized carbons (Fsp3) is 1.00. The molecule has 21 heavy (non-hydrogen) atoms.